The highest BCUT2D eigenvalue weighted by molar-refractivity contribution is 5.80. The lowest BCUT2D eigenvalue weighted by Gasteiger charge is -2.20. The van der Waals surface area contributed by atoms with Gasteiger partial charge < -0.3 is 20.3 Å². The molecule has 0 aliphatic carbocycles. The molecule has 0 bridgehead atoms. The van der Waals surface area contributed by atoms with E-state index in [1.54, 1.807) is 6.92 Å². The Labute approximate surface area is 103 Å². The summed E-state index contributed by atoms with van der Waals surface area (Å²) in [4.78, 5) is 24.3. The lowest BCUT2D eigenvalue weighted by Crippen LogP contribution is -2.42. The summed E-state index contributed by atoms with van der Waals surface area (Å²) >= 11 is 0. The van der Waals surface area contributed by atoms with Crippen LogP contribution in [0.15, 0.2) is 0 Å². The fraction of sp³-hybridized carbons (Fsp3) is 0.818. The predicted octanol–water partition coefficient (Wildman–Crippen LogP) is 0.189. The van der Waals surface area contributed by atoms with Crippen molar-refractivity contribution in [3.63, 3.8) is 0 Å². The highest BCUT2D eigenvalue weighted by Gasteiger charge is 2.06. The highest BCUT2D eigenvalue weighted by atomic mass is 16.5. The first kappa shape index (κ1) is 15.7. The van der Waals surface area contributed by atoms with Crippen molar-refractivity contribution in [1.82, 2.24) is 15.5 Å². The van der Waals surface area contributed by atoms with E-state index in [1.165, 1.54) is 0 Å². The van der Waals surface area contributed by atoms with E-state index in [2.05, 4.69) is 34.1 Å². The molecule has 0 spiro atoms. The normalized spacial score (nSPS) is 10.5. The number of likely N-dealkylation sites (N-methyl/N-ethyl adjacent to an activating group) is 1. The lowest BCUT2D eigenvalue weighted by molar-refractivity contribution is -0.141. The number of hydrogen-bond donors (Lipinski definition) is 2. The van der Waals surface area contributed by atoms with Crippen LogP contribution in [0.1, 0.15) is 20.8 Å². The van der Waals surface area contributed by atoms with Gasteiger partial charge in [-0.25, -0.2) is 4.79 Å². The summed E-state index contributed by atoms with van der Waals surface area (Å²) in [6, 6.07) is 0.0922. The molecule has 0 saturated carbocycles. The summed E-state index contributed by atoms with van der Waals surface area (Å²) in [6.45, 7) is 7.43. The van der Waals surface area contributed by atoms with E-state index in [0.717, 1.165) is 6.54 Å². The molecule has 0 aromatic carbocycles. The topological polar surface area (TPSA) is 70.7 Å². The van der Waals surface area contributed by atoms with Gasteiger partial charge in [0.25, 0.3) is 0 Å². The van der Waals surface area contributed by atoms with Crippen LogP contribution < -0.4 is 10.6 Å². The van der Waals surface area contributed by atoms with Crippen molar-refractivity contribution in [3.8, 4) is 0 Å². The van der Waals surface area contributed by atoms with Crippen LogP contribution in [-0.4, -0.2) is 56.2 Å². The van der Waals surface area contributed by atoms with Gasteiger partial charge in [0.1, 0.15) is 6.54 Å². The van der Waals surface area contributed by atoms with Gasteiger partial charge in [-0.05, 0) is 27.8 Å². The van der Waals surface area contributed by atoms with Crippen LogP contribution in [0.5, 0.6) is 0 Å². The molecule has 100 valence electrons. The van der Waals surface area contributed by atoms with Gasteiger partial charge in [-0.1, -0.05) is 0 Å². The zero-order valence-electron chi connectivity index (χ0n) is 11.1. The van der Waals surface area contributed by atoms with Gasteiger partial charge in [-0.2, -0.15) is 0 Å². The molecule has 0 fully saturated rings. The quantitative estimate of drug-likeness (QED) is 0.628. The molecule has 17 heavy (non-hydrogen) atoms. The maximum Gasteiger partial charge on any atom is 0.325 e. The number of rotatable bonds is 7. The van der Waals surface area contributed by atoms with Crippen molar-refractivity contribution in [2.45, 2.75) is 26.8 Å². The van der Waals surface area contributed by atoms with Crippen LogP contribution in [0.2, 0.25) is 0 Å². The maximum absolute atomic E-state index is 11.3. The summed E-state index contributed by atoms with van der Waals surface area (Å²) in [5, 5.41) is 5.09. The Morgan fingerprint density at radius 3 is 2.47 bits per heavy atom. The Kier molecular flexibility index (Phi) is 8.13. The molecule has 6 heteroatoms. The molecule has 2 amide bonds. The van der Waals surface area contributed by atoms with Crippen molar-refractivity contribution in [2.75, 3.05) is 33.3 Å². The first-order valence-electron chi connectivity index (χ1n) is 5.85. The maximum atomic E-state index is 11.3. The van der Waals surface area contributed by atoms with Crippen LogP contribution in [0, 0.1) is 0 Å². The van der Waals surface area contributed by atoms with E-state index in [-0.39, 0.29) is 12.6 Å². The zero-order chi connectivity index (χ0) is 13.3. The first-order valence-corrected chi connectivity index (χ1v) is 5.85. The minimum absolute atomic E-state index is 0.0975. The molecule has 0 aromatic rings. The Bertz CT molecular complexity index is 244. The minimum atomic E-state index is -0.429. The molecule has 0 rings (SSSR count). The monoisotopic (exact) mass is 245 g/mol. The Morgan fingerprint density at radius 2 is 1.94 bits per heavy atom. The van der Waals surface area contributed by atoms with Crippen molar-refractivity contribution >= 4 is 12.0 Å². The molecule has 0 aromatic heterocycles. The number of nitrogens with one attached hydrogen (secondary N) is 2. The number of esters is 1. The molecular formula is C11H23N3O3. The number of urea groups is 1. The van der Waals surface area contributed by atoms with Crippen LogP contribution >= 0.6 is 0 Å². The number of carbonyl (C=O) groups is 2. The Morgan fingerprint density at radius 1 is 1.29 bits per heavy atom. The summed E-state index contributed by atoms with van der Waals surface area (Å²) in [6.07, 6.45) is 0. The van der Waals surface area contributed by atoms with Crippen LogP contribution in [0.3, 0.4) is 0 Å². The molecule has 0 unspecified atom stereocenters. The smallest absolute Gasteiger partial charge is 0.325 e. The van der Waals surface area contributed by atoms with Gasteiger partial charge in [0.2, 0.25) is 0 Å². The minimum Gasteiger partial charge on any atom is -0.465 e. The van der Waals surface area contributed by atoms with Gasteiger partial charge in [-0.3, -0.25) is 4.79 Å². The number of hydrogen-bond acceptors (Lipinski definition) is 4. The number of carbonyl (C=O) groups excluding carboxylic acids is 2. The summed E-state index contributed by atoms with van der Waals surface area (Å²) in [5.41, 5.74) is 0. The van der Waals surface area contributed by atoms with E-state index >= 15 is 0 Å². The van der Waals surface area contributed by atoms with E-state index in [0.29, 0.717) is 19.2 Å². The Hall–Kier alpha value is -1.30. The third-order valence-corrected chi connectivity index (χ3v) is 2.33. The summed E-state index contributed by atoms with van der Waals surface area (Å²) < 4.78 is 4.68. The fourth-order valence-corrected chi connectivity index (χ4v) is 1.03. The Balaban J connectivity index is 3.57. The molecule has 0 saturated heterocycles. The largest absolute Gasteiger partial charge is 0.465 e. The van der Waals surface area contributed by atoms with E-state index in [4.69, 9.17) is 0 Å². The van der Waals surface area contributed by atoms with Crippen molar-refractivity contribution < 1.29 is 14.3 Å². The number of amides is 2. The van der Waals surface area contributed by atoms with E-state index < -0.39 is 5.97 Å². The average Bonchev–Trinajstić information content (AvgIpc) is 2.26. The van der Waals surface area contributed by atoms with E-state index in [9.17, 15) is 9.59 Å². The lowest BCUT2D eigenvalue weighted by atomic mass is 10.3. The molecule has 0 radical (unpaired) electrons. The van der Waals surface area contributed by atoms with Crippen molar-refractivity contribution in [2.24, 2.45) is 0 Å². The van der Waals surface area contributed by atoms with Gasteiger partial charge in [0.15, 0.2) is 0 Å². The van der Waals surface area contributed by atoms with Gasteiger partial charge >= 0.3 is 12.0 Å². The molecule has 0 aliphatic rings. The summed E-state index contributed by atoms with van der Waals surface area (Å²) in [7, 11) is 1.99. The van der Waals surface area contributed by atoms with Crippen LogP contribution in [0.25, 0.3) is 0 Å². The van der Waals surface area contributed by atoms with Crippen LogP contribution in [0.4, 0.5) is 4.79 Å². The number of ether oxygens (including phenoxy) is 1. The molecular weight excluding hydrogens is 222 g/mol. The van der Waals surface area contributed by atoms with Crippen molar-refractivity contribution in [1.29, 1.82) is 0 Å². The first-order chi connectivity index (χ1) is 7.97. The fourth-order valence-electron chi connectivity index (χ4n) is 1.03. The summed E-state index contributed by atoms with van der Waals surface area (Å²) in [5.74, 6) is -0.429. The second-order valence-corrected chi connectivity index (χ2v) is 3.99. The van der Waals surface area contributed by atoms with Gasteiger partial charge in [0, 0.05) is 19.1 Å². The second-order valence-electron chi connectivity index (χ2n) is 3.99. The second kappa shape index (κ2) is 8.81. The molecule has 0 aliphatic heterocycles. The molecule has 0 atom stereocenters. The third-order valence-electron chi connectivity index (χ3n) is 2.33. The standard InChI is InChI=1S/C11H23N3O3/c1-5-17-10(15)8-13-11(16)12-6-7-14(4)9(2)3/h9H,5-8H2,1-4H3,(H2,12,13,16). The number of nitrogens with zero attached hydrogens (tertiary/aromatic N) is 1. The van der Waals surface area contributed by atoms with E-state index in [1.807, 2.05) is 7.05 Å². The predicted molar refractivity (Wildman–Crippen MR) is 65.8 cm³/mol. The van der Waals surface area contributed by atoms with Gasteiger partial charge in [-0.15, -0.1) is 0 Å². The van der Waals surface area contributed by atoms with Gasteiger partial charge in [0.05, 0.1) is 6.61 Å². The average molecular weight is 245 g/mol. The molecule has 0 heterocycles. The molecule has 6 nitrogen and oxygen atoms in total. The van der Waals surface area contributed by atoms with Crippen molar-refractivity contribution in [3.05, 3.63) is 0 Å². The third kappa shape index (κ3) is 8.50. The SMILES string of the molecule is CCOC(=O)CNC(=O)NCCN(C)C(C)C. The van der Waals surface area contributed by atoms with Crippen LogP contribution in [-0.2, 0) is 9.53 Å². The zero-order valence-corrected chi connectivity index (χ0v) is 11.1. The highest BCUT2D eigenvalue weighted by Crippen LogP contribution is 1.90. The molecule has 2 N–H and O–H groups in total.